The molecule has 1 aromatic heterocycles. The lowest BCUT2D eigenvalue weighted by atomic mass is 9.80. The lowest BCUT2D eigenvalue weighted by Crippen LogP contribution is -2.71. The molecule has 0 bridgehead atoms. The van der Waals surface area contributed by atoms with Crippen molar-refractivity contribution >= 4 is 51.7 Å². The Morgan fingerprint density at radius 1 is 1.02 bits per heavy atom. The van der Waals surface area contributed by atoms with Crippen molar-refractivity contribution in [3.63, 3.8) is 0 Å². The molecule has 4 N–H and O–H groups in total. The van der Waals surface area contributed by atoms with Crippen LogP contribution in [-0.2, 0) is 24.8 Å². The Hall–Kier alpha value is -5.20. The third-order valence-electron chi connectivity index (χ3n) is 7.65. The molecule has 0 aliphatic carbocycles. The van der Waals surface area contributed by atoms with Crippen molar-refractivity contribution < 1.29 is 24.3 Å². The van der Waals surface area contributed by atoms with Crippen LogP contribution in [0.4, 0.5) is 5.13 Å². The SMILES string of the molecule is C/C=C\C1=C(C(=O)O)N2C(=O)C(NC(=O)/C(=N\OC(c3ccccc3)(c3ccccc3)c3ccccc3)c3csc(N)n3)[C@@H]2SC1. The first-order valence-electron chi connectivity index (χ1n) is 14.3. The molecule has 3 heterocycles. The van der Waals surface area contributed by atoms with E-state index < -0.39 is 34.8 Å². The minimum absolute atomic E-state index is 0.0831. The van der Waals surface area contributed by atoms with E-state index >= 15 is 0 Å². The molecule has 4 aromatic rings. The average molecular weight is 652 g/mol. The summed E-state index contributed by atoms with van der Waals surface area (Å²) < 4.78 is 0. The van der Waals surface area contributed by atoms with Gasteiger partial charge < -0.3 is 21.0 Å². The Balaban J connectivity index is 1.40. The molecule has 0 saturated carbocycles. The maximum Gasteiger partial charge on any atom is 0.352 e. The van der Waals surface area contributed by atoms with E-state index in [4.69, 9.17) is 10.6 Å². The zero-order chi connectivity index (χ0) is 32.3. The Labute approximate surface area is 273 Å². The van der Waals surface area contributed by atoms with E-state index in [1.807, 2.05) is 91.0 Å². The van der Waals surface area contributed by atoms with Crippen LogP contribution < -0.4 is 11.1 Å². The van der Waals surface area contributed by atoms with Crippen molar-refractivity contribution in [2.75, 3.05) is 11.5 Å². The Kier molecular flexibility index (Phi) is 8.73. The topological polar surface area (TPSA) is 147 Å². The fraction of sp³-hybridized carbons (Fsp3) is 0.147. The predicted octanol–water partition coefficient (Wildman–Crippen LogP) is 4.75. The predicted molar refractivity (Wildman–Crippen MR) is 178 cm³/mol. The molecule has 12 heteroatoms. The molecule has 232 valence electrons. The third kappa shape index (κ3) is 5.57. The van der Waals surface area contributed by atoms with Crippen LogP contribution in [0, 0.1) is 0 Å². The first-order valence-corrected chi connectivity index (χ1v) is 16.3. The molecule has 1 saturated heterocycles. The molecular formula is C34H29N5O5S2. The van der Waals surface area contributed by atoms with Gasteiger partial charge in [0, 0.05) is 27.8 Å². The largest absolute Gasteiger partial charge is 0.477 e. The van der Waals surface area contributed by atoms with E-state index in [1.54, 1.807) is 24.5 Å². The number of nitrogens with zero attached hydrogens (tertiary/aromatic N) is 3. The highest BCUT2D eigenvalue weighted by Crippen LogP contribution is 2.42. The fourth-order valence-corrected chi connectivity index (χ4v) is 7.44. The van der Waals surface area contributed by atoms with E-state index in [9.17, 15) is 19.5 Å². The maximum absolute atomic E-state index is 14.0. The highest BCUT2D eigenvalue weighted by molar-refractivity contribution is 8.00. The Morgan fingerprint density at radius 3 is 2.07 bits per heavy atom. The first-order chi connectivity index (χ1) is 22.3. The second-order valence-corrected chi connectivity index (χ2v) is 12.4. The number of β-lactam (4-membered cyclic amide) rings is 1. The van der Waals surface area contributed by atoms with Gasteiger partial charge in [0.25, 0.3) is 11.8 Å². The van der Waals surface area contributed by atoms with Gasteiger partial charge in [-0.15, -0.1) is 23.1 Å². The molecule has 10 nitrogen and oxygen atoms in total. The van der Waals surface area contributed by atoms with Crippen LogP contribution >= 0.6 is 23.1 Å². The number of thiazole rings is 1. The van der Waals surface area contributed by atoms with Gasteiger partial charge in [0.05, 0.1) is 0 Å². The van der Waals surface area contributed by atoms with Gasteiger partial charge in [0.2, 0.25) is 5.60 Å². The average Bonchev–Trinajstić information content (AvgIpc) is 3.52. The molecule has 0 spiro atoms. The number of fused-ring (bicyclic) bond motifs is 1. The molecular weight excluding hydrogens is 623 g/mol. The number of benzene rings is 3. The van der Waals surface area contributed by atoms with E-state index in [0.29, 0.717) is 11.3 Å². The quantitative estimate of drug-likeness (QED) is 0.0964. The summed E-state index contributed by atoms with van der Waals surface area (Å²) in [6.07, 6.45) is 3.41. The highest BCUT2D eigenvalue weighted by Gasteiger charge is 2.54. The number of carboxylic acid groups (broad SMARTS) is 1. The van der Waals surface area contributed by atoms with Crippen LogP contribution in [0.5, 0.6) is 0 Å². The van der Waals surface area contributed by atoms with Gasteiger partial charge in [-0.1, -0.05) is 108 Å². The summed E-state index contributed by atoms with van der Waals surface area (Å²) in [5.41, 5.74) is 7.41. The number of hydrogen-bond acceptors (Lipinski definition) is 9. The van der Waals surface area contributed by atoms with Crippen LogP contribution in [-0.4, -0.2) is 55.7 Å². The zero-order valence-electron chi connectivity index (χ0n) is 24.6. The number of nitrogens with two attached hydrogens (primary N) is 1. The van der Waals surface area contributed by atoms with E-state index in [0.717, 1.165) is 28.0 Å². The molecule has 3 aromatic carbocycles. The second kappa shape index (κ2) is 13.0. The molecule has 2 aliphatic rings. The Bertz CT molecular complexity index is 1760. The Morgan fingerprint density at radius 2 is 1.59 bits per heavy atom. The number of rotatable bonds is 10. The van der Waals surface area contributed by atoms with Crippen molar-refractivity contribution in [3.8, 4) is 0 Å². The van der Waals surface area contributed by atoms with Gasteiger partial charge in [-0.3, -0.25) is 14.5 Å². The number of anilines is 1. The second-order valence-electron chi connectivity index (χ2n) is 10.4. The van der Waals surface area contributed by atoms with Crippen molar-refractivity contribution in [2.45, 2.75) is 23.9 Å². The van der Waals surface area contributed by atoms with Gasteiger partial charge in [0.15, 0.2) is 10.8 Å². The number of nitrogen functional groups attached to an aromatic ring is 1. The van der Waals surface area contributed by atoms with Gasteiger partial charge in [0.1, 0.15) is 22.8 Å². The summed E-state index contributed by atoms with van der Waals surface area (Å²) in [5.74, 6) is -2.08. The monoisotopic (exact) mass is 651 g/mol. The van der Waals surface area contributed by atoms with Crippen LogP contribution in [0.1, 0.15) is 29.3 Å². The van der Waals surface area contributed by atoms with Gasteiger partial charge in [-0.25, -0.2) is 9.78 Å². The summed E-state index contributed by atoms with van der Waals surface area (Å²) in [6, 6.07) is 27.7. The standard InChI is InChI=1S/C34H29N5O5S2/c1-2-12-21-19-45-31-27(30(41)39(31)28(21)32(42)43)37-29(40)26(25-20-46-33(35)36-25)38-44-34(22-13-6-3-7-14-22,23-15-8-4-9-16-23)24-17-10-5-11-18-24/h2-18,20,27,31H,19H2,1H3,(H2,35,36)(H,37,40)(H,42,43)/b12-2-,38-26-/t27?,31-/m0/s1. The molecule has 1 unspecified atom stereocenters. The number of carbonyl (C=O) groups is 3. The first kappa shape index (κ1) is 30.8. The van der Waals surface area contributed by atoms with Gasteiger partial charge >= 0.3 is 5.97 Å². The molecule has 1 fully saturated rings. The summed E-state index contributed by atoms with van der Waals surface area (Å²) in [7, 11) is 0. The fourth-order valence-electron chi connectivity index (χ4n) is 5.57. The number of aromatic nitrogens is 1. The normalized spacial score (nSPS) is 18.2. The number of carboxylic acids is 1. The lowest BCUT2D eigenvalue weighted by Gasteiger charge is -2.49. The minimum Gasteiger partial charge on any atom is -0.477 e. The zero-order valence-corrected chi connectivity index (χ0v) is 26.2. The number of hydrogen-bond donors (Lipinski definition) is 3. The van der Waals surface area contributed by atoms with E-state index in [1.165, 1.54) is 16.7 Å². The number of thioether (sulfide) groups is 1. The van der Waals surface area contributed by atoms with E-state index in [-0.39, 0.29) is 22.2 Å². The number of oxime groups is 1. The van der Waals surface area contributed by atoms with Crippen molar-refractivity contribution in [1.29, 1.82) is 0 Å². The summed E-state index contributed by atoms with van der Waals surface area (Å²) in [5, 5.41) is 18.3. The number of carbonyl (C=O) groups excluding carboxylic acids is 2. The molecule has 2 atom stereocenters. The van der Waals surface area contributed by atoms with Crippen LogP contribution in [0.25, 0.3) is 0 Å². The lowest BCUT2D eigenvalue weighted by molar-refractivity contribution is -0.150. The maximum atomic E-state index is 14.0. The third-order valence-corrected chi connectivity index (χ3v) is 9.63. The molecule has 6 rings (SSSR count). The summed E-state index contributed by atoms with van der Waals surface area (Å²) >= 11 is 2.50. The van der Waals surface area contributed by atoms with Crippen molar-refractivity contribution in [1.82, 2.24) is 15.2 Å². The molecule has 0 radical (unpaired) electrons. The number of aliphatic carboxylic acids is 1. The van der Waals surface area contributed by atoms with Crippen molar-refractivity contribution in [2.24, 2.45) is 5.16 Å². The number of amides is 2. The van der Waals surface area contributed by atoms with Gasteiger partial charge in [-0.05, 0) is 12.5 Å². The summed E-state index contributed by atoms with van der Waals surface area (Å²) in [6.45, 7) is 1.78. The minimum atomic E-state index is -1.27. The highest BCUT2D eigenvalue weighted by atomic mass is 32.2. The van der Waals surface area contributed by atoms with Crippen molar-refractivity contribution in [3.05, 3.63) is 142 Å². The number of nitrogens with one attached hydrogen (secondary N) is 1. The smallest absolute Gasteiger partial charge is 0.352 e. The number of allylic oxidation sites excluding steroid dienone is 2. The summed E-state index contributed by atoms with van der Waals surface area (Å²) in [4.78, 5) is 51.4. The molecule has 2 aliphatic heterocycles. The van der Waals surface area contributed by atoms with Gasteiger partial charge in [-0.2, -0.15) is 0 Å². The van der Waals surface area contributed by atoms with Crippen LogP contribution in [0.15, 0.2) is 125 Å². The van der Waals surface area contributed by atoms with E-state index in [2.05, 4.69) is 15.5 Å². The molecule has 46 heavy (non-hydrogen) atoms. The van der Waals surface area contributed by atoms with Crippen LogP contribution in [0.2, 0.25) is 0 Å². The molecule has 2 amide bonds. The van der Waals surface area contributed by atoms with Crippen LogP contribution in [0.3, 0.4) is 0 Å².